The third-order valence-corrected chi connectivity index (χ3v) is 4.07. The molecule has 1 fully saturated rings. The molecule has 122 valence electrons. The number of amides is 3. The van der Waals surface area contributed by atoms with E-state index >= 15 is 0 Å². The molecule has 0 saturated carbocycles. The molecule has 0 unspecified atom stereocenters. The number of benzene rings is 1. The number of carbonyl (C=O) groups is 2. The first-order valence-electron chi connectivity index (χ1n) is 7.17. The zero-order chi connectivity index (χ0) is 17.5. The molecule has 1 aromatic carbocycles. The number of carbonyl (C=O) groups excluding carboxylic acids is 2. The van der Waals surface area contributed by atoms with Gasteiger partial charge in [0.1, 0.15) is 11.4 Å². The van der Waals surface area contributed by atoms with Crippen LogP contribution in [0.2, 0.25) is 0 Å². The van der Waals surface area contributed by atoms with Gasteiger partial charge < -0.3 is 5.32 Å². The standard InChI is InChI=1S/C16H14FN5O2/c1-16(12-7-19-21(2)9-12)14(23)22(15(24)20-16)8-11-5-13(17)4-3-10(11)6-18/h3-5,7,9H,8H2,1-2H3,(H,20,24)/t16-/m1/s1. The molecule has 0 bridgehead atoms. The summed E-state index contributed by atoms with van der Waals surface area (Å²) in [6.07, 6.45) is 3.15. The van der Waals surface area contributed by atoms with E-state index in [-0.39, 0.29) is 17.7 Å². The van der Waals surface area contributed by atoms with Gasteiger partial charge in [-0.2, -0.15) is 10.4 Å². The van der Waals surface area contributed by atoms with E-state index < -0.39 is 23.3 Å². The molecule has 8 heteroatoms. The molecule has 7 nitrogen and oxygen atoms in total. The van der Waals surface area contributed by atoms with Crippen molar-refractivity contribution in [3.63, 3.8) is 0 Å². The lowest BCUT2D eigenvalue weighted by Gasteiger charge is -2.20. The lowest BCUT2D eigenvalue weighted by Crippen LogP contribution is -2.40. The van der Waals surface area contributed by atoms with Gasteiger partial charge in [0.2, 0.25) is 0 Å². The number of hydrogen-bond donors (Lipinski definition) is 1. The third-order valence-electron chi connectivity index (χ3n) is 4.07. The highest BCUT2D eigenvalue weighted by Gasteiger charge is 2.49. The summed E-state index contributed by atoms with van der Waals surface area (Å²) >= 11 is 0. The van der Waals surface area contributed by atoms with Gasteiger partial charge >= 0.3 is 6.03 Å². The van der Waals surface area contributed by atoms with Crippen LogP contribution in [0.5, 0.6) is 0 Å². The first-order valence-corrected chi connectivity index (χ1v) is 7.17. The van der Waals surface area contributed by atoms with Gasteiger partial charge in [-0.25, -0.2) is 9.18 Å². The number of aromatic nitrogens is 2. The number of urea groups is 1. The highest BCUT2D eigenvalue weighted by atomic mass is 19.1. The normalized spacial score (nSPS) is 20.2. The molecule has 0 spiro atoms. The lowest BCUT2D eigenvalue weighted by molar-refractivity contribution is -0.131. The Bertz CT molecular complexity index is 885. The number of aryl methyl sites for hydroxylation is 1. The first-order chi connectivity index (χ1) is 11.3. The number of hydrogen-bond acceptors (Lipinski definition) is 4. The van der Waals surface area contributed by atoms with Crippen molar-refractivity contribution in [3.8, 4) is 6.07 Å². The Morgan fingerprint density at radius 2 is 2.17 bits per heavy atom. The summed E-state index contributed by atoms with van der Waals surface area (Å²) in [7, 11) is 1.71. The molecule has 0 aliphatic carbocycles. The quantitative estimate of drug-likeness (QED) is 0.863. The van der Waals surface area contributed by atoms with Crippen LogP contribution in [-0.4, -0.2) is 26.6 Å². The van der Waals surface area contributed by atoms with Crippen molar-refractivity contribution in [3.05, 3.63) is 53.1 Å². The van der Waals surface area contributed by atoms with Gasteiger partial charge in [-0.15, -0.1) is 0 Å². The fraction of sp³-hybridized carbons (Fsp3) is 0.250. The minimum Gasteiger partial charge on any atom is -0.319 e. The molecular weight excluding hydrogens is 313 g/mol. The number of nitrogens with one attached hydrogen (secondary N) is 1. The Morgan fingerprint density at radius 3 is 2.79 bits per heavy atom. The van der Waals surface area contributed by atoms with E-state index in [2.05, 4.69) is 10.4 Å². The van der Waals surface area contributed by atoms with Crippen LogP contribution in [0.3, 0.4) is 0 Å². The molecule has 1 aromatic heterocycles. The van der Waals surface area contributed by atoms with Crippen LogP contribution in [0.1, 0.15) is 23.6 Å². The molecule has 2 aromatic rings. The molecule has 0 radical (unpaired) electrons. The maximum Gasteiger partial charge on any atom is 0.325 e. The first kappa shape index (κ1) is 15.7. The SMILES string of the molecule is Cn1cc([C@@]2(C)NC(=O)N(Cc3cc(F)ccc3C#N)C2=O)cn1. The number of rotatable bonds is 3. The monoisotopic (exact) mass is 327 g/mol. The highest BCUT2D eigenvalue weighted by molar-refractivity contribution is 6.07. The molecule has 3 amide bonds. The zero-order valence-electron chi connectivity index (χ0n) is 13.1. The predicted molar refractivity (Wildman–Crippen MR) is 80.8 cm³/mol. The summed E-state index contributed by atoms with van der Waals surface area (Å²) < 4.78 is 15.0. The van der Waals surface area contributed by atoms with Crippen LogP contribution in [0, 0.1) is 17.1 Å². The molecular formula is C16H14FN5O2. The van der Waals surface area contributed by atoms with E-state index in [1.165, 1.54) is 16.9 Å². The van der Waals surface area contributed by atoms with E-state index in [0.717, 1.165) is 17.0 Å². The van der Waals surface area contributed by atoms with Crippen molar-refractivity contribution in [2.75, 3.05) is 0 Å². The van der Waals surface area contributed by atoms with Gasteiger partial charge in [0.25, 0.3) is 5.91 Å². The van der Waals surface area contributed by atoms with Crippen LogP contribution >= 0.6 is 0 Å². The average Bonchev–Trinajstić information content (AvgIpc) is 3.06. The second-order valence-corrected chi connectivity index (χ2v) is 5.76. The minimum absolute atomic E-state index is 0.179. The topological polar surface area (TPSA) is 91.0 Å². The Morgan fingerprint density at radius 1 is 1.42 bits per heavy atom. The highest BCUT2D eigenvalue weighted by Crippen LogP contribution is 2.29. The van der Waals surface area contributed by atoms with E-state index in [1.54, 1.807) is 20.2 Å². The summed E-state index contributed by atoms with van der Waals surface area (Å²) in [5.74, 6) is -1.01. The fourth-order valence-corrected chi connectivity index (χ4v) is 2.69. The fourth-order valence-electron chi connectivity index (χ4n) is 2.69. The summed E-state index contributed by atoms with van der Waals surface area (Å²) in [6.45, 7) is 1.40. The van der Waals surface area contributed by atoms with Crippen molar-refractivity contribution in [2.45, 2.75) is 19.0 Å². The number of imide groups is 1. The predicted octanol–water partition coefficient (Wildman–Crippen LogP) is 1.40. The number of nitriles is 1. The summed E-state index contributed by atoms with van der Waals surface area (Å²) in [5, 5.41) is 15.8. The van der Waals surface area contributed by atoms with Crippen molar-refractivity contribution >= 4 is 11.9 Å². The molecule has 1 saturated heterocycles. The van der Waals surface area contributed by atoms with Crippen molar-refractivity contribution in [2.24, 2.45) is 7.05 Å². The van der Waals surface area contributed by atoms with Crippen LogP contribution < -0.4 is 5.32 Å². The lowest BCUT2D eigenvalue weighted by atomic mass is 9.95. The Labute approximate surface area is 137 Å². The van der Waals surface area contributed by atoms with Gasteiger partial charge in [0.05, 0.1) is 24.4 Å². The smallest absolute Gasteiger partial charge is 0.319 e. The molecule has 1 aliphatic heterocycles. The van der Waals surface area contributed by atoms with Crippen molar-refractivity contribution in [1.29, 1.82) is 5.26 Å². The molecule has 1 N–H and O–H groups in total. The van der Waals surface area contributed by atoms with E-state index in [1.807, 2.05) is 6.07 Å². The minimum atomic E-state index is -1.24. The Hall–Kier alpha value is -3.21. The maximum absolute atomic E-state index is 13.4. The maximum atomic E-state index is 13.4. The molecule has 1 aliphatic rings. The molecule has 3 rings (SSSR count). The van der Waals surface area contributed by atoms with E-state index in [9.17, 15) is 14.0 Å². The van der Waals surface area contributed by atoms with E-state index in [4.69, 9.17) is 5.26 Å². The van der Waals surface area contributed by atoms with Crippen molar-refractivity contribution in [1.82, 2.24) is 20.0 Å². The van der Waals surface area contributed by atoms with Crippen LogP contribution in [0.25, 0.3) is 0 Å². The molecule has 24 heavy (non-hydrogen) atoms. The summed E-state index contributed by atoms with van der Waals surface area (Å²) in [4.78, 5) is 26.0. The third kappa shape index (κ3) is 2.40. The molecule has 1 atom stereocenters. The number of nitrogens with zero attached hydrogens (tertiary/aromatic N) is 4. The zero-order valence-corrected chi connectivity index (χ0v) is 13.1. The summed E-state index contributed by atoms with van der Waals surface area (Å²) in [5.41, 5.74) is -0.208. The van der Waals surface area contributed by atoms with Gasteiger partial charge in [0, 0.05) is 18.8 Å². The van der Waals surface area contributed by atoms with Crippen LogP contribution in [0.4, 0.5) is 9.18 Å². The largest absolute Gasteiger partial charge is 0.325 e. The van der Waals surface area contributed by atoms with Crippen molar-refractivity contribution < 1.29 is 14.0 Å². The average molecular weight is 327 g/mol. The Kier molecular flexibility index (Phi) is 3.56. The second-order valence-electron chi connectivity index (χ2n) is 5.76. The van der Waals surface area contributed by atoms with Gasteiger partial charge in [-0.05, 0) is 30.7 Å². The van der Waals surface area contributed by atoms with Crippen LogP contribution in [0.15, 0.2) is 30.6 Å². The van der Waals surface area contributed by atoms with Crippen LogP contribution in [-0.2, 0) is 23.9 Å². The number of halogens is 1. The van der Waals surface area contributed by atoms with Gasteiger partial charge in [-0.3, -0.25) is 14.4 Å². The van der Waals surface area contributed by atoms with E-state index in [0.29, 0.717) is 5.56 Å². The Balaban J connectivity index is 1.94. The summed E-state index contributed by atoms with van der Waals surface area (Å²) in [6, 6.07) is 4.97. The second kappa shape index (κ2) is 5.45. The van der Waals surface area contributed by atoms with Gasteiger partial charge in [-0.1, -0.05) is 0 Å². The molecule has 2 heterocycles. The van der Waals surface area contributed by atoms with Gasteiger partial charge in [0.15, 0.2) is 0 Å².